The Labute approximate surface area is 182 Å². The van der Waals surface area contributed by atoms with E-state index >= 15 is 0 Å². The fraction of sp³-hybridized carbons (Fsp3) is 0.630. The monoisotopic (exact) mass is 412 g/mol. The van der Waals surface area contributed by atoms with E-state index in [1.165, 1.54) is 18.4 Å². The lowest BCUT2D eigenvalue weighted by molar-refractivity contribution is 0.0862. The van der Waals surface area contributed by atoms with E-state index in [0.29, 0.717) is 24.7 Å². The third kappa shape index (κ3) is 5.07. The lowest BCUT2D eigenvalue weighted by Crippen LogP contribution is -2.32. The second-order valence-corrected chi connectivity index (χ2v) is 10.5. The molecule has 3 aliphatic rings. The highest BCUT2D eigenvalue weighted by Crippen LogP contribution is 2.56. The van der Waals surface area contributed by atoms with Crippen molar-refractivity contribution in [2.75, 3.05) is 0 Å². The van der Waals surface area contributed by atoms with Crippen molar-refractivity contribution in [2.45, 2.75) is 90.4 Å². The Morgan fingerprint density at radius 2 is 2.03 bits per heavy atom. The van der Waals surface area contributed by atoms with Gasteiger partial charge in [0.2, 0.25) is 0 Å². The summed E-state index contributed by atoms with van der Waals surface area (Å²) in [5, 5.41) is 30.1. The Morgan fingerprint density at radius 3 is 2.73 bits per heavy atom. The average Bonchev–Trinajstić information content (AvgIpc) is 3.00. The topological polar surface area (TPSA) is 60.7 Å². The summed E-state index contributed by atoms with van der Waals surface area (Å²) < 4.78 is 0. The molecule has 2 fully saturated rings. The van der Waals surface area contributed by atoms with Crippen LogP contribution in [0, 0.1) is 17.3 Å². The molecule has 0 aromatic carbocycles. The third-order valence-electron chi connectivity index (χ3n) is 7.42. The van der Waals surface area contributed by atoms with Crippen molar-refractivity contribution in [3.8, 4) is 0 Å². The molecule has 5 atom stereocenters. The molecule has 3 rings (SSSR count). The summed E-state index contributed by atoms with van der Waals surface area (Å²) in [5.74, 6) is 1.00. The molecule has 0 heterocycles. The number of allylic oxidation sites excluding steroid dienone is 6. The zero-order valence-electron chi connectivity index (χ0n) is 19.2. The molecular weight excluding hydrogens is 372 g/mol. The number of aliphatic hydroxyl groups is 3. The van der Waals surface area contributed by atoms with Crippen molar-refractivity contribution in [1.82, 2.24) is 0 Å². The number of aliphatic hydroxyl groups excluding tert-OH is 2. The quantitative estimate of drug-likeness (QED) is 0.530. The number of hydrogen-bond donors (Lipinski definition) is 3. The molecule has 0 spiro atoms. The zero-order chi connectivity index (χ0) is 22.1. The maximum atomic E-state index is 10.1. The highest BCUT2D eigenvalue weighted by molar-refractivity contribution is 5.40. The smallest absolute Gasteiger partial charge is 0.0811 e. The Balaban J connectivity index is 1.75. The molecule has 1 unspecified atom stereocenters. The molecule has 0 saturated heterocycles. The van der Waals surface area contributed by atoms with E-state index in [2.05, 4.69) is 44.7 Å². The molecule has 0 radical (unpaired) electrons. The van der Waals surface area contributed by atoms with Crippen LogP contribution in [0.5, 0.6) is 0 Å². The summed E-state index contributed by atoms with van der Waals surface area (Å²) in [6.45, 7) is 12.4. The Morgan fingerprint density at radius 1 is 1.30 bits per heavy atom. The van der Waals surface area contributed by atoms with Crippen molar-refractivity contribution in [1.29, 1.82) is 0 Å². The summed E-state index contributed by atoms with van der Waals surface area (Å²) in [5.41, 5.74) is 4.25. The van der Waals surface area contributed by atoms with Gasteiger partial charge in [-0.2, -0.15) is 0 Å². The number of rotatable bonds is 5. The van der Waals surface area contributed by atoms with Crippen LogP contribution in [0.3, 0.4) is 0 Å². The van der Waals surface area contributed by atoms with Gasteiger partial charge < -0.3 is 15.3 Å². The average molecular weight is 413 g/mol. The van der Waals surface area contributed by atoms with Gasteiger partial charge in [-0.3, -0.25) is 0 Å². The molecule has 30 heavy (non-hydrogen) atoms. The predicted octanol–water partition coefficient (Wildman–Crippen LogP) is 5.40. The Kier molecular flexibility index (Phi) is 6.96. The molecular formula is C27H40O3. The lowest BCUT2D eigenvalue weighted by Gasteiger charge is -2.42. The first kappa shape index (κ1) is 23.2. The number of hydrogen-bond acceptors (Lipinski definition) is 3. The first-order valence-corrected chi connectivity index (χ1v) is 11.6. The summed E-state index contributed by atoms with van der Waals surface area (Å²) in [6, 6.07) is 0. The van der Waals surface area contributed by atoms with Gasteiger partial charge in [-0.25, -0.2) is 0 Å². The lowest BCUT2D eigenvalue weighted by atomic mass is 9.62. The van der Waals surface area contributed by atoms with Gasteiger partial charge in [0.15, 0.2) is 0 Å². The highest BCUT2D eigenvalue weighted by atomic mass is 16.3. The van der Waals surface area contributed by atoms with E-state index < -0.39 is 17.8 Å². The van der Waals surface area contributed by atoms with Gasteiger partial charge in [0, 0.05) is 6.42 Å². The minimum absolute atomic E-state index is 0.202. The first-order valence-electron chi connectivity index (χ1n) is 11.6. The minimum atomic E-state index is -0.755. The predicted molar refractivity (Wildman–Crippen MR) is 124 cm³/mol. The van der Waals surface area contributed by atoms with Gasteiger partial charge in [-0.05, 0) is 80.8 Å². The van der Waals surface area contributed by atoms with Crippen LogP contribution in [0.15, 0.2) is 59.3 Å². The summed E-state index contributed by atoms with van der Waals surface area (Å²) in [6.07, 6.45) is 16.3. The Hall–Kier alpha value is -1.42. The SMILES string of the molecule is C=C1C(=CC=C2CCC[C@]3(C)C([C@H](C)CC=CC(C)(C)O)=CCC23)C[C@H](O)C[C@@H]1O. The van der Waals surface area contributed by atoms with Gasteiger partial charge in [0.25, 0.3) is 0 Å². The first-order chi connectivity index (χ1) is 14.0. The van der Waals surface area contributed by atoms with Crippen LogP contribution in [-0.4, -0.2) is 33.1 Å². The fourth-order valence-electron chi connectivity index (χ4n) is 5.77. The van der Waals surface area contributed by atoms with E-state index in [0.717, 1.165) is 30.4 Å². The maximum Gasteiger partial charge on any atom is 0.0811 e. The molecule has 3 nitrogen and oxygen atoms in total. The largest absolute Gasteiger partial charge is 0.393 e. The zero-order valence-corrected chi connectivity index (χ0v) is 19.2. The van der Waals surface area contributed by atoms with Gasteiger partial charge in [0.1, 0.15) is 0 Å². The number of fused-ring (bicyclic) bond motifs is 1. The maximum absolute atomic E-state index is 10.1. The van der Waals surface area contributed by atoms with Crippen molar-refractivity contribution >= 4 is 0 Å². The third-order valence-corrected chi connectivity index (χ3v) is 7.42. The summed E-state index contributed by atoms with van der Waals surface area (Å²) >= 11 is 0. The molecule has 0 amide bonds. The molecule has 3 N–H and O–H groups in total. The van der Waals surface area contributed by atoms with Crippen molar-refractivity contribution in [2.24, 2.45) is 17.3 Å². The van der Waals surface area contributed by atoms with Gasteiger partial charge in [-0.1, -0.05) is 62.0 Å². The van der Waals surface area contributed by atoms with E-state index in [1.807, 2.05) is 19.9 Å². The van der Waals surface area contributed by atoms with Crippen LogP contribution in [0.1, 0.15) is 72.6 Å². The molecule has 0 bridgehead atoms. The van der Waals surface area contributed by atoms with E-state index in [9.17, 15) is 15.3 Å². The second kappa shape index (κ2) is 8.98. The van der Waals surface area contributed by atoms with E-state index in [4.69, 9.17) is 0 Å². The second-order valence-electron chi connectivity index (χ2n) is 10.5. The molecule has 0 aliphatic heterocycles. The van der Waals surface area contributed by atoms with Crippen molar-refractivity contribution in [3.05, 3.63) is 59.3 Å². The van der Waals surface area contributed by atoms with Gasteiger partial charge in [0.05, 0.1) is 17.8 Å². The fourth-order valence-corrected chi connectivity index (χ4v) is 5.77. The van der Waals surface area contributed by atoms with Crippen LogP contribution in [-0.2, 0) is 0 Å². The molecule has 0 aromatic rings. The molecule has 166 valence electrons. The highest BCUT2D eigenvalue weighted by Gasteiger charge is 2.45. The van der Waals surface area contributed by atoms with Crippen molar-refractivity contribution in [3.63, 3.8) is 0 Å². The van der Waals surface area contributed by atoms with Crippen LogP contribution < -0.4 is 0 Å². The molecule has 2 saturated carbocycles. The molecule has 0 aromatic heterocycles. The van der Waals surface area contributed by atoms with Crippen LogP contribution in [0.4, 0.5) is 0 Å². The summed E-state index contributed by atoms with van der Waals surface area (Å²) in [4.78, 5) is 0. The van der Waals surface area contributed by atoms with E-state index in [1.54, 1.807) is 5.57 Å². The van der Waals surface area contributed by atoms with Gasteiger partial charge in [-0.15, -0.1) is 0 Å². The van der Waals surface area contributed by atoms with E-state index in [-0.39, 0.29) is 5.41 Å². The van der Waals surface area contributed by atoms with Crippen LogP contribution in [0.25, 0.3) is 0 Å². The minimum Gasteiger partial charge on any atom is -0.393 e. The van der Waals surface area contributed by atoms with Crippen LogP contribution in [0.2, 0.25) is 0 Å². The molecule has 3 aliphatic carbocycles. The van der Waals surface area contributed by atoms with Gasteiger partial charge >= 0.3 is 0 Å². The Bertz CT molecular complexity index is 776. The standard InChI is InChI=1S/C27H40O3/c1-18(8-6-14-26(3,4)30)23-12-13-24-20(9-7-15-27(23,24)5)10-11-21-16-22(28)17-25(29)19(21)2/h6,10-12,14,18,22,24-25,28-30H,2,7-9,13,15-17H2,1,3-5H3/t18-,22+,24?,25+,27-/m1/s1. The normalized spacial score (nSPS) is 36.4. The summed E-state index contributed by atoms with van der Waals surface area (Å²) in [7, 11) is 0. The van der Waals surface area contributed by atoms with Crippen molar-refractivity contribution < 1.29 is 15.3 Å². The van der Waals surface area contributed by atoms with Crippen LogP contribution >= 0.6 is 0 Å². The molecule has 3 heteroatoms.